The van der Waals surface area contributed by atoms with Gasteiger partial charge in [0, 0.05) is 0 Å². The SMILES string of the molecule is FC(F)(F)c1cccc(Oc2cccc(COCc3cccc(Oc4cccc(C(F)(F)F)c4)c3)c2)c1. The van der Waals surface area contributed by atoms with Gasteiger partial charge in [0.05, 0.1) is 24.3 Å². The maximum absolute atomic E-state index is 12.9. The average molecular weight is 518 g/mol. The molecular weight excluding hydrogens is 498 g/mol. The Hall–Kier alpha value is -3.98. The van der Waals surface area contributed by atoms with Gasteiger partial charge >= 0.3 is 12.4 Å². The van der Waals surface area contributed by atoms with Crippen molar-refractivity contribution in [2.75, 3.05) is 0 Å². The van der Waals surface area contributed by atoms with Crippen LogP contribution >= 0.6 is 0 Å². The maximum Gasteiger partial charge on any atom is 0.416 e. The topological polar surface area (TPSA) is 27.7 Å². The van der Waals surface area contributed by atoms with Crippen molar-refractivity contribution in [1.29, 1.82) is 0 Å². The minimum Gasteiger partial charge on any atom is -0.457 e. The van der Waals surface area contributed by atoms with E-state index in [1.807, 2.05) is 0 Å². The van der Waals surface area contributed by atoms with Gasteiger partial charge < -0.3 is 14.2 Å². The van der Waals surface area contributed by atoms with Crippen LogP contribution in [0.15, 0.2) is 97.1 Å². The average Bonchev–Trinajstić information content (AvgIpc) is 2.84. The van der Waals surface area contributed by atoms with Crippen LogP contribution in [-0.2, 0) is 30.3 Å². The van der Waals surface area contributed by atoms with Crippen LogP contribution in [0.4, 0.5) is 26.3 Å². The third-order valence-corrected chi connectivity index (χ3v) is 5.13. The van der Waals surface area contributed by atoms with Gasteiger partial charge in [-0.05, 0) is 71.8 Å². The molecule has 192 valence electrons. The first kappa shape index (κ1) is 26.1. The molecule has 4 aromatic carbocycles. The number of halogens is 6. The summed E-state index contributed by atoms with van der Waals surface area (Å²) in [6.45, 7) is 0.386. The zero-order valence-corrected chi connectivity index (χ0v) is 19.1. The summed E-state index contributed by atoms with van der Waals surface area (Å²) in [6, 6.07) is 22.8. The van der Waals surface area contributed by atoms with E-state index in [9.17, 15) is 26.3 Å². The van der Waals surface area contributed by atoms with E-state index in [1.54, 1.807) is 48.5 Å². The van der Waals surface area contributed by atoms with Gasteiger partial charge in [0.2, 0.25) is 0 Å². The monoisotopic (exact) mass is 518 g/mol. The van der Waals surface area contributed by atoms with Crippen molar-refractivity contribution in [3.05, 3.63) is 119 Å². The lowest BCUT2D eigenvalue weighted by molar-refractivity contribution is -0.138. The standard InChI is InChI=1S/C28H20F6O3/c29-27(30,31)21-7-3-11-25(15-21)36-23-9-1-5-19(13-23)17-35-18-20-6-2-10-24(14-20)37-26-12-4-8-22(16-26)28(32,33)34/h1-16H,17-18H2. The Bertz CT molecular complexity index is 1250. The van der Waals surface area contributed by atoms with Crippen LogP contribution in [0.5, 0.6) is 23.0 Å². The number of rotatable bonds is 8. The molecule has 3 nitrogen and oxygen atoms in total. The molecule has 4 rings (SSSR count). The van der Waals surface area contributed by atoms with Crippen LogP contribution in [-0.4, -0.2) is 0 Å². The molecule has 0 aromatic heterocycles. The van der Waals surface area contributed by atoms with E-state index in [1.165, 1.54) is 24.3 Å². The molecule has 0 saturated heterocycles. The quantitative estimate of drug-likeness (QED) is 0.218. The highest BCUT2D eigenvalue weighted by atomic mass is 19.4. The zero-order chi connectivity index (χ0) is 26.5. The van der Waals surface area contributed by atoms with Crippen molar-refractivity contribution < 1.29 is 40.6 Å². The highest BCUT2D eigenvalue weighted by Gasteiger charge is 2.31. The van der Waals surface area contributed by atoms with E-state index in [4.69, 9.17) is 14.2 Å². The van der Waals surface area contributed by atoms with Crippen LogP contribution in [0, 0.1) is 0 Å². The summed E-state index contributed by atoms with van der Waals surface area (Å²) in [6.07, 6.45) is -8.94. The first-order valence-corrected chi connectivity index (χ1v) is 11.0. The summed E-state index contributed by atoms with van der Waals surface area (Å²) in [7, 11) is 0. The lowest BCUT2D eigenvalue weighted by atomic mass is 10.2. The summed E-state index contributed by atoms with van der Waals surface area (Å²) < 4.78 is 94.4. The van der Waals surface area contributed by atoms with Crippen LogP contribution < -0.4 is 9.47 Å². The van der Waals surface area contributed by atoms with Crippen molar-refractivity contribution in [1.82, 2.24) is 0 Å². The minimum atomic E-state index is -4.47. The second-order valence-electron chi connectivity index (χ2n) is 8.04. The fraction of sp³-hybridized carbons (Fsp3) is 0.143. The number of ether oxygens (including phenoxy) is 3. The molecule has 4 aromatic rings. The van der Waals surface area contributed by atoms with E-state index in [0.29, 0.717) is 11.5 Å². The number of hydrogen-bond donors (Lipinski definition) is 0. The third-order valence-electron chi connectivity index (χ3n) is 5.13. The molecule has 9 heteroatoms. The Labute approximate surface area is 208 Å². The van der Waals surface area contributed by atoms with E-state index >= 15 is 0 Å². The minimum absolute atomic E-state index is 0.0606. The molecular formula is C28H20F6O3. The van der Waals surface area contributed by atoms with Gasteiger partial charge in [-0.15, -0.1) is 0 Å². The van der Waals surface area contributed by atoms with Gasteiger partial charge in [0.25, 0.3) is 0 Å². The van der Waals surface area contributed by atoms with Gasteiger partial charge in [-0.3, -0.25) is 0 Å². The fourth-order valence-corrected chi connectivity index (χ4v) is 3.43. The van der Waals surface area contributed by atoms with Crippen LogP contribution in [0.3, 0.4) is 0 Å². The molecule has 0 amide bonds. The summed E-state index contributed by atoms with van der Waals surface area (Å²) in [5.41, 5.74) is -0.130. The predicted octanol–water partition coefficient (Wildman–Crippen LogP) is 9.03. The lowest BCUT2D eigenvalue weighted by Gasteiger charge is -2.12. The Morgan fingerprint density at radius 3 is 1.19 bits per heavy atom. The fourth-order valence-electron chi connectivity index (χ4n) is 3.43. The van der Waals surface area contributed by atoms with E-state index in [2.05, 4.69) is 0 Å². The molecule has 0 atom stereocenters. The van der Waals surface area contributed by atoms with E-state index in [0.717, 1.165) is 35.4 Å². The molecule has 0 spiro atoms. The smallest absolute Gasteiger partial charge is 0.416 e. The van der Waals surface area contributed by atoms with Crippen molar-refractivity contribution in [3.63, 3.8) is 0 Å². The molecule has 37 heavy (non-hydrogen) atoms. The number of benzene rings is 4. The van der Waals surface area contributed by atoms with Gasteiger partial charge in [0.15, 0.2) is 0 Å². The summed E-state index contributed by atoms with van der Waals surface area (Å²) in [4.78, 5) is 0. The van der Waals surface area contributed by atoms with E-state index < -0.39 is 23.5 Å². The van der Waals surface area contributed by atoms with Gasteiger partial charge in [0.1, 0.15) is 23.0 Å². The molecule has 0 saturated carbocycles. The Morgan fingerprint density at radius 1 is 0.459 bits per heavy atom. The lowest BCUT2D eigenvalue weighted by Crippen LogP contribution is -2.04. The zero-order valence-electron chi connectivity index (χ0n) is 19.1. The van der Waals surface area contributed by atoms with Gasteiger partial charge in [-0.25, -0.2) is 0 Å². The molecule has 0 fully saturated rings. The Morgan fingerprint density at radius 2 is 0.811 bits per heavy atom. The van der Waals surface area contributed by atoms with E-state index in [-0.39, 0.29) is 24.7 Å². The summed E-state index contributed by atoms with van der Waals surface area (Å²) >= 11 is 0. The van der Waals surface area contributed by atoms with Gasteiger partial charge in [-0.1, -0.05) is 36.4 Å². The van der Waals surface area contributed by atoms with Crippen LogP contribution in [0.25, 0.3) is 0 Å². The second-order valence-corrected chi connectivity index (χ2v) is 8.04. The van der Waals surface area contributed by atoms with Crippen molar-refractivity contribution in [2.45, 2.75) is 25.6 Å². The molecule has 0 aliphatic rings. The van der Waals surface area contributed by atoms with Crippen LogP contribution in [0.2, 0.25) is 0 Å². The predicted molar refractivity (Wildman–Crippen MR) is 124 cm³/mol. The first-order chi connectivity index (χ1) is 17.6. The van der Waals surface area contributed by atoms with Crippen LogP contribution in [0.1, 0.15) is 22.3 Å². The molecule has 0 aliphatic heterocycles. The number of alkyl halides is 6. The summed E-state index contributed by atoms with van der Waals surface area (Å²) in [5, 5.41) is 0. The second kappa shape index (κ2) is 11.0. The highest BCUT2D eigenvalue weighted by Crippen LogP contribution is 2.34. The number of hydrogen-bond acceptors (Lipinski definition) is 3. The molecule has 0 unspecified atom stereocenters. The maximum atomic E-state index is 12.9. The van der Waals surface area contributed by atoms with Crippen molar-refractivity contribution in [3.8, 4) is 23.0 Å². The largest absolute Gasteiger partial charge is 0.457 e. The Kier molecular flexibility index (Phi) is 7.73. The molecule has 0 bridgehead atoms. The molecule has 0 aliphatic carbocycles. The van der Waals surface area contributed by atoms with Crippen molar-refractivity contribution >= 4 is 0 Å². The first-order valence-electron chi connectivity index (χ1n) is 11.0. The van der Waals surface area contributed by atoms with Gasteiger partial charge in [-0.2, -0.15) is 26.3 Å². The highest BCUT2D eigenvalue weighted by molar-refractivity contribution is 5.38. The Balaban J connectivity index is 1.34. The molecule has 0 radical (unpaired) electrons. The molecule has 0 N–H and O–H groups in total. The molecule has 0 heterocycles. The van der Waals surface area contributed by atoms with Crippen molar-refractivity contribution in [2.24, 2.45) is 0 Å². The normalized spacial score (nSPS) is 11.8. The third kappa shape index (κ3) is 7.50. The summed E-state index contributed by atoms with van der Waals surface area (Å²) in [5.74, 6) is 0.838.